The standard InChI is InChI=1S/C17H32O4Si/c1-9-13-10-11-14(20-12(2)18)16(15(13)19-6)21-22(7,8)17(3,4)5/h9,14-16H,10-11H2,1-8H3/b13-9+/t14-,15+,16+/m0/s1. The van der Waals surface area contributed by atoms with Crippen molar-refractivity contribution in [1.29, 1.82) is 0 Å². The van der Waals surface area contributed by atoms with Crippen LogP contribution in [-0.2, 0) is 18.7 Å². The van der Waals surface area contributed by atoms with Crippen LogP contribution in [0.25, 0.3) is 0 Å². The molecule has 1 saturated carbocycles. The summed E-state index contributed by atoms with van der Waals surface area (Å²) in [6.07, 6.45) is 3.16. The highest BCUT2D eigenvalue weighted by atomic mass is 28.4. The summed E-state index contributed by atoms with van der Waals surface area (Å²) in [7, 11) is -0.283. The lowest BCUT2D eigenvalue weighted by atomic mass is 9.87. The summed E-state index contributed by atoms with van der Waals surface area (Å²) in [6, 6.07) is 0. The fourth-order valence-electron chi connectivity index (χ4n) is 2.61. The Hall–Kier alpha value is -0.653. The molecule has 128 valence electrons. The number of esters is 1. The fraction of sp³-hybridized carbons (Fsp3) is 0.824. The fourth-order valence-corrected chi connectivity index (χ4v) is 3.92. The zero-order chi connectivity index (χ0) is 17.1. The summed E-state index contributed by atoms with van der Waals surface area (Å²) in [6.45, 7) is 14.5. The Morgan fingerprint density at radius 3 is 2.32 bits per heavy atom. The molecule has 0 N–H and O–H groups in total. The number of hydrogen-bond acceptors (Lipinski definition) is 4. The highest BCUT2D eigenvalue weighted by molar-refractivity contribution is 6.74. The molecule has 0 spiro atoms. The summed E-state index contributed by atoms with van der Waals surface area (Å²) < 4.78 is 17.8. The summed E-state index contributed by atoms with van der Waals surface area (Å²) in [5, 5.41) is 0.0968. The molecular weight excluding hydrogens is 296 g/mol. The van der Waals surface area contributed by atoms with Crippen LogP contribution in [0.2, 0.25) is 18.1 Å². The van der Waals surface area contributed by atoms with Gasteiger partial charge in [0.25, 0.3) is 0 Å². The molecule has 0 heterocycles. The first-order chi connectivity index (χ1) is 10.0. The molecule has 0 aromatic heterocycles. The summed E-state index contributed by atoms with van der Waals surface area (Å²) >= 11 is 0. The van der Waals surface area contributed by atoms with Crippen LogP contribution in [0.15, 0.2) is 11.6 Å². The van der Waals surface area contributed by atoms with Crippen molar-refractivity contribution in [3.8, 4) is 0 Å². The minimum Gasteiger partial charge on any atom is -0.460 e. The predicted octanol–water partition coefficient (Wildman–Crippen LogP) is 4.06. The topological polar surface area (TPSA) is 44.8 Å². The van der Waals surface area contributed by atoms with Crippen LogP contribution in [0.4, 0.5) is 0 Å². The van der Waals surface area contributed by atoms with E-state index in [9.17, 15) is 4.79 Å². The van der Waals surface area contributed by atoms with E-state index in [0.29, 0.717) is 0 Å². The minimum atomic E-state index is -1.98. The van der Waals surface area contributed by atoms with Crippen molar-refractivity contribution in [2.45, 2.75) is 83.9 Å². The van der Waals surface area contributed by atoms with Gasteiger partial charge in [-0.05, 0) is 43.5 Å². The molecule has 3 atom stereocenters. The largest absolute Gasteiger partial charge is 0.460 e. The number of allylic oxidation sites excluding steroid dienone is 1. The zero-order valence-electron chi connectivity index (χ0n) is 15.4. The molecule has 0 radical (unpaired) electrons. The maximum atomic E-state index is 11.4. The third-order valence-electron chi connectivity index (χ3n) is 4.93. The molecular formula is C17H32O4Si. The van der Waals surface area contributed by atoms with Crippen LogP contribution < -0.4 is 0 Å². The van der Waals surface area contributed by atoms with E-state index in [0.717, 1.165) is 12.8 Å². The summed E-state index contributed by atoms with van der Waals surface area (Å²) in [4.78, 5) is 11.4. The van der Waals surface area contributed by atoms with Gasteiger partial charge in [-0.1, -0.05) is 26.8 Å². The average molecular weight is 329 g/mol. The Morgan fingerprint density at radius 2 is 1.91 bits per heavy atom. The van der Waals surface area contributed by atoms with Crippen molar-refractivity contribution in [3.05, 3.63) is 11.6 Å². The molecule has 1 rings (SSSR count). The lowest BCUT2D eigenvalue weighted by Crippen LogP contribution is -2.54. The van der Waals surface area contributed by atoms with Crippen molar-refractivity contribution in [2.75, 3.05) is 7.11 Å². The molecule has 5 heteroatoms. The number of ether oxygens (including phenoxy) is 2. The predicted molar refractivity (Wildman–Crippen MR) is 91.4 cm³/mol. The van der Waals surface area contributed by atoms with Crippen LogP contribution in [0, 0.1) is 0 Å². The summed E-state index contributed by atoms with van der Waals surface area (Å²) in [5.74, 6) is -0.257. The van der Waals surface area contributed by atoms with E-state index < -0.39 is 8.32 Å². The molecule has 0 aromatic carbocycles. The monoisotopic (exact) mass is 328 g/mol. The number of carbonyl (C=O) groups excluding carboxylic acids is 1. The number of rotatable bonds is 4. The van der Waals surface area contributed by atoms with E-state index in [1.165, 1.54) is 12.5 Å². The van der Waals surface area contributed by atoms with Crippen LogP contribution in [0.1, 0.15) is 47.5 Å². The first-order valence-corrected chi connectivity index (χ1v) is 11.0. The van der Waals surface area contributed by atoms with Crippen LogP contribution in [0.3, 0.4) is 0 Å². The molecule has 0 bridgehead atoms. The Labute approximate surface area is 136 Å². The van der Waals surface area contributed by atoms with Gasteiger partial charge in [0, 0.05) is 14.0 Å². The Kier molecular flexibility index (Phi) is 6.42. The zero-order valence-corrected chi connectivity index (χ0v) is 16.4. The van der Waals surface area contributed by atoms with E-state index in [4.69, 9.17) is 13.9 Å². The van der Waals surface area contributed by atoms with E-state index in [1.807, 2.05) is 6.92 Å². The van der Waals surface area contributed by atoms with Gasteiger partial charge < -0.3 is 13.9 Å². The lowest BCUT2D eigenvalue weighted by molar-refractivity contribution is -0.158. The number of methoxy groups -OCH3 is 1. The van der Waals surface area contributed by atoms with Crippen LogP contribution in [-0.4, -0.2) is 39.7 Å². The van der Waals surface area contributed by atoms with Crippen molar-refractivity contribution >= 4 is 14.3 Å². The maximum absolute atomic E-state index is 11.4. The van der Waals surface area contributed by atoms with Gasteiger partial charge in [0.2, 0.25) is 0 Å². The first kappa shape index (κ1) is 19.4. The average Bonchev–Trinajstić information content (AvgIpc) is 2.38. The van der Waals surface area contributed by atoms with E-state index in [1.54, 1.807) is 7.11 Å². The number of hydrogen-bond donors (Lipinski definition) is 0. The maximum Gasteiger partial charge on any atom is 0.302 e. The van der Waals surface area contributed by atoms with Crippen LogP contribution in [0.5, 0.6) is 0 Å². The molecule has 0 amide bonds. The van der Waals surface area contributed by atoms with E-state index in [2.05, 4.69) is 39.9 Å². The van der Waals surface area contributed by atoms with E-state index in [-0.39, 0.29) is 29.3 Å². The third kappa shape index (κ3) is 4.43. The molecule has 1 fully saturated rings. The Balaban J connectivity index is 3.09. The Bertz CT molecular complexity index is 423. The van der Waals surface area contributed by atoms with Gasteiger partial charge in [-0.25, -0.2) is 0 Å². The molecule has 1 aliphatic carbocycles. The van der Waals surface area contributed by atoms with Crippen molar-refractivity contribution in [3.63, 3.8) is 0 Å². The van der Waals surface area contributed by atoms with Gasteiger partial charge in [-0.15, -0.1) is 0 Å². The molecule has 4 nitrogen and oxygen atoms in total. The molecule has 0 aromatic rings. The van der Waals surface area contributed by atoms with Gasteiger partial charge in [0.1, 0.15) is 18.3 Å². The molecule has 22 heavy (non-hydrogen) atoms. The van der Waals surface area contributed by atoms with Gasteiger partial charge >= 0.3 is 5.97 Å². The van der Waals surface area contributed by atoms with Crippen molar-refractivity contribution in [2.24, 2.45) is 0 Å². The molecule has 0 aliphatic heterocycles. The van der Waals surface area contributed by atoms with Gasteiger partial charge in [-0.3, -0.25) is 4.79 Å². The van der Waals surface area contributed by atoms with Gasteiger partial charge in [0.05, 0.1) is 0 Å². The quantitative estimate of drug-likeness (QED) is 0.443. The smallest absolute Gasteiger partial charge is 0.302 e. The SMILES string of the molecule is C/C=C1\CC[C@H](OC(C)=O)[C@@H](O[Si](C)(C)C(C)(C)C)[C@@H]1OC. The lowest BCUT2D eigenvalue weighted by Gasteiger charge is -2.45. The second kappa shape index (κ2) is 7.28. The second-order valence-corrected chi connectivity index (χ2v) is 12.3. The van der Waals surface area contributed by atoms with Crippen LogP contribution >= 0.6 is 0 Å². The third-order valence-corrected chi connectivity index (χ3v) is 9.40. The minimum absolute atomic E-state index is 0.0968. The highest BCUT2D eigenvalue weighted by Crippen LogP contribution is 2.41. The normalized spacial score (nSPS) is 28.7. The number of carbonyl (C=O) groups is 1. The first-order valence-electron chi connectivity index (χ1n) is 8.06. The highest BCUT2D eigenvalue weighted by Gasteiger charge is 2.46. The molecule has 0 saturated heterocycles. The molecule has 0 unspecified atom stereocenters. The molecule has 1 aliphatic rings. The van der Waals surface area contributed by atoms with Gasteiger partial charge in [0.15, 0.2) is 8.32 Å². The van der Waals surface area contributed by atoms with Crippen molar-refractivity contribution < 1.29 is 18.7 Å². The van der Waals surface area contributed by atoms with E-state index >= 15 is 0 Å². The van der Waals surface area contributed by atoms with Gasteiger partial charge in [-0.2, -0.15) is 0 Å². The summed E-state index contributed by atoms with van der Waals surface area (Å²) in [5.41, 5.74) is 1.23. The Morgan fingerprint density at radius 1 is 1.32 bits per heavy atom. The van der Waals surface area contributed by atoms with Crippen molar-refractivity contribution in [1.82, 2.24) is 0 Å². The second-order valence-electron chi connectivity index (χ2n) is 7.55.